The van der Waals surface area contributed by atoms with Crippen LogP contribution in [0.5, 0.6) is 0 Å². The summed E-state index contributed by atoms with van der Waals surface area (Å²) in [6.45, 7) is 8.34. The van der Waals surface area contributed by atoms with E-state index in [1.54, 1.807) is 0 Å². The minimum absolute atomic E-state index is 0.188. The lowest BCUT2D eigenvalue weighted by atomic mass is 9.99. The van der Waals surface area contributed by atoms with Crippen molar-refractivity contribution in [2.75, 3.05) is 0 Å². The summed E-state index contributed by atoms with van der Waals surface area (Å²) in [5.41, 5.74) is 3.37. The van der Waals surface area contributed by atoms with Crippen molar-refractivity contribution in [1.82, 2.24) is 14.8 Å². The molecule has 0 atom stereocenters. The van der Waals surface area contributed by atoms with E-state index in [2.05, 4.69) is 37.8 Å². The largest absolute Gasteiger partial charge is 0.262 e. The second kappa shape index (κ2) is 5.82. The van der Waals surface area contributed by atoms with Crippen LogP contribution in [-0.4, -0.2) is 14.8 Å². The monoisotopic (exact) mass is 301 g/mol. The Morgan fingerprint density at radius 2 is 1.95 bits per heavy atom. The van der Waals surface area contributed by atoms with Crippen molar-refractivity contribution in [1.29, 1.82) is 0 Å². The van der Waals surface area contributed by atoms with E-state index >= 15 is 0 Å². The van der Waals surface area contributed by atoms with Crippen molar-refractivity contribution >= 4 is 0 Å². The smallest absolute Gasteiger partial charge is 0.222 e. The molecule has 1 aliphatic rings. The lowest BCUT2D eigenvalue weighted by Gasteiger charge is -2.15. The maximum atomic E-state index is 14.6. The SMILES string of the molecule is CC(C)c1cnn(C(C)C)c1-c1ccc(CC2CC2)nc1F. The van der Waals surface area contributed by atoms with Gasteiger partial charge in [-0.3, -0.25) is 4.68 Å². The van der Waals surface area contributed by atoms with E-state index in [1.807, 2.05) is 23.0 Å². The Labute approximate surface area is 131 Å². The van der Waals surface area contributed by atoms with E-state index in [4.69, 9.17) is 0 Å². The molecular weight excluding hydrogens is 277 g/mol. The fraction of sp³-hybridized carbons (Fsp3) is 0.556. The molecule has 0 amide bonds. The van der Waals surface area contributed by atoms with Gasteiger partial charge in [-0.1, -0.05) is 13.8 Å². The highest BCUT2D eigenvalue weighted by molar-refractivity contribution is 5.64. The minimum Gasteiger partial charge on any atom is -0.262 e. The zero-order chi connectivity index (χ0) is 15.9. The van der Waals surface area contributed by atoms with Crippen molar-refractivity contribution in [2.24, 2.45) is 5.92 Å². The van der Waals surface area contributed by atoms with Crippen molar-refractivity contribution < 1.29 is 4.39 Å². The van der Waals surface area contributed by atoms with E-state index in [0.717, 1.165) is 23.4 Å². The fourth-order valence-electron chi connectivity index (χ4n) is 2.85. The van der Waals surface area contributed by atoms with E-state index in [1.165, 1.54) is 12.8 Å². The summed E-state index contributed by atoms with van der Waals surface area (Å²) in [7, 11) is 0. The summed E-state index contributed by atoms with van der Waals surface area (Å²) >= 11 is 0. The summed E-state index contributed by atoms with van der Waals surface area (Å²) < 4.78 is 16.5. The molecule has 0 spiro atoms. The van der Waals surface area contributed by atoms with Gasteiger partial charge in [-0.05, 0) is 57.1 Å². The molecule has 4 heteroatoms. The van der Waals surface area contributed by atoms with Gasteiger partial charge in [0.25, 0.3) is 0 Å². The second-order valence-corrected chi connectivity index (χ2v) is 6.93. The molecular formula is C18H24FN3. The van der Waals surface area contributed by atoms with Crippen LogP contribution in [0.1, 0.15) is 63.8 Å². The van der Waals surface area contributed by atoms with Crippen molar-refractivity contribution in [3.05, 3.63) is 35.5 Å². The standard InChI is InChI=1S/C18H24FN3/c1-11(2)16-10-20-22(12(3)4)17(16)15-8-7-14(21-18(15)19)9-13-5-6-13/h7-8,10-13H,5-6,9H2,1-4H3. The van der Waals surface area contributed by atoms with Crippen LogP contribution >= 0.6 is 0 Å². The fourth-order valence-corrected chi connectivity index (χ4v) is 2.85. The van der Waals surface area contributed by atoms with Crippen LogP contribution in [0, 0.1) is 11.9 Å². The van der Waals surface area contributed by atoms with Gasteiger partial charge < -0.3 is 0 Å². The van der Waals surface area contributed by atoms with Gasteiger partial charge in [0.15, 0.2) is 0 Å². The average Bonchev–Trinajstić information content (AvgIpc) is 3.14. The van der Waals surface area contributed by atoms with Gasteiger partial charge in [0.1, 0.15) is 0 Å². The predicted molar refractivity (Wildman–Crippen MR) is 86.3 cm³/mol. The number of halogens is 1. The van der Waals surface area contributed by atoms with Crippen LogP contribution in [0.2, 0.25) is 0 Å². The molecule has 118 valence electrons. The molecule has 0 aromatic carbocycles. The Kier molecular flexibility index (Phi) is 4.02. The van der Waals surface area contributed by atoms with Gasteiger partial charge in [-0.15, -0.1) is 0 Å². The van der Waals surface area contributed by atoms with Crippen LogP contribution in [0.4, 0.5) is 4.39 Å². The maximum absolute atomic E-state index is 14.6. The highest BCUT2D eigenvalue weighted by Gasteiger charge is 2.24. The third-order valence-corrected chi connectivity index (χ3v) is 4.29. The van der Waals surface area contributed by atoms with Gasteiger partial charge in [0.05, 0.1) is 17.5 Å². The first-order valence-corrected chi connectivity index (χ1v) is 8.20. The average molecular weight is 301 g/mol. The van der Waals surface area contributed by atoms with Crippen LogP contribution in [0.3, 0.4) is 0 Å². The zero-order valence-corrected chi connectivity index (χ0v) is 13.8. The van der Waals surface area contributed by atoms with Crippen molar-refractivity contribution in [3.63, 3.8) is 0 Å². The lowest BCUT2D eigenvalue weighted by Crippen LogP contribution is -2.08. The third-order valence-electron chi connectivity index (χ3n) is 4.29. The third kappa shape index (κ3) is 2.92. The number of aromatic nitrogens is 3. The molecule has 0 aliphatic heterocycles. The normalized spacial score (nSPS) is 15.0. The highest BCUT2D eigenvalue weighted by Crippen LogP contribution is 2.35. The molecule has 0 radical (unpaired) electrons. The van der Waals surface area contributed by atoms with Gasteiger partial charge in [0, 0.05) is 17.3 Å². The zero-order valence-electron chi connectivity index (χ0n) is 13.8. The van der Waals surface area contributed by atoms with Gasteiger partial charge in [-0.25, -0.2) is 4.98 Å². The molecule has 2 aromatic rings. The molecule has 0 unspecified atom stereocenters. The lowest BCUT2D eigenvalue weighted by molar-refractivity contribution is 0.530. The molecule has 1 aliphatic carbocycles. The summed E-state index contributed by atoms with van der Waals surface area (Å²) in [6, 6.07) is 4.04. The molecule has 3 rings (SSSR count). The van der Waals surface area contributed by atoms with Crippen LogP contribution in [0.15, 0.2) is 18.3 Å². The molecule has 1 saturated carbocycles. The predicted octanol–water partition coefficient (Wildman–Crippen LogP) is 4.74. The Bertz CT molecular complexity index is 643. The number of hydrogen-bond acceptors (Lipinski definition) is 2. The maximum Gasteiger partial charge on any atom is 0.222 e. The molecule has 1 fully saturated rings. The quantitative estimate of drug-likeness (QED) is 0.747. The first-order valence-electron chi connectivity index (χ1n) is 8.20. The Balaban J connectivity index is 2.04. The topological polar surface area (TPSA) is 30.7 Å². The van der Waals surface area contributed by atoms with Crippen LogP contribution in [0.25, 0.3) is 11.3 Å². The van der Waals surface area contributed by atoms with Crippen molar-refractivity contribution in [3.8, 4) is 11.3 Å². The highest BCUT2D eigenvalue weighted by atomic mass is 19.1. The number of hydrogen-bond donors (Lipinski definition) is 0. The second-order valence-electron chi connectivity index (χ2n) is 6.93. The Morgan fingerprint density at radius 3 is 2.50 bits per heavy atom. The molecule has 2 aromatic heterocycles. The first kappa shape index (κ1) is 15.2. The van der Waals surface area contributed by atoms with E-state index in [-0.39, 0.29) is 12.0 Å². The van der Waals surface area contributed by atoms with Crippen LogP contribution < -0.4 is 0 Å². The molecule has 2 heterocycles. The van der Waals surface area contributed by atoms with E-state index < -0.39 is 0 Å². The number of nitrogens with zero attached hydrogens (tertiary/aromatic N) is 3. The molecule has 0 N–H and O–H groups in total. The van der Waals surface area contributed by atoms with Gasteiger partial charge in [0.2, 0.25) is 5.95 Å². The Morgan fingerprint density at radius 1 is 1.23 bits per heavy atom. The molecule has 22 heavy (non-hydrogen) atoms. The van der Waals surface area contributed by atoms with E-state index in [9.17, 15) is 4.39 Å². The summed E-state index contributed by atoms with van der Waals surface area (Å²) in [6.07, 6.45) is 5.26. The van der Waals surface area contributed by atoms with E-state index in [0.29, 0.717) is 17.4 Å². The van der Waals surface area contributed by atoms with Crippen LogP contribution in [-0.2, 0) is 6.42 Å². The van der Waals surface area contributed by atoms with Gasteiger partial charge >= 0.3 is 0 Å². The number of pyridine rings is 1. The number of rotatable bonds is 5. The molecule has 0 saturated heterocycles. The molecule has 0 bridgehead atoms. The summed E-state index contributed by atoms with van der Waals surface area (Å²) in [5.74, 6) is 0.639. The Hall–Kier alpha value is -1.71. The van der Waals surface area contributed by atoms with Crippen molar-refractivity contribution in [2.45, 2.75) is 58.9 Å². The molecule has 3 nitrogen and oxygen atoms in total. The summed E-state index contributed by atoms with van der Waals surface area (Å²) in [4.78, 5) is 4.20. The first-order chi connectivity index (χ1) is 10.5. The van der Waals surface area contributed by atoms with Gasteiger partial charge in [-0.2, -0.15) is 9.49 Å². The minimum atomic E-state index is -0.373. The summed E-state index contributed by atoms with van der Waals surface area (Å²) in [5, 5.41) is 4.46.